The molecule has 0 bridgehead atoms. The molecule has 0 saturated carbocycles. The summed E-state index contributed by atoms with van der Waals surface area (Å²) < 4.78 is 5.37. The maximum atomic E-state index is 6.17. The largest absolute Gasteiger partial charge is 0.382 e. The Labute approximate surface area is 180 Å². The van der Waals surface area contributed by atoms with E-state index in [1.54, 1.807) is 0 Å². The standard InChI is InChI=1S/C19H31ClN4O.HI/c1-4-25-14-6-5-9-22-19(21-3)24-12-10-23(11-13-24)18-15-17(20)8-7-16(18)2;/h7-8,15H,4-6,9-14H2,1-3H3,(H,21,22);1H. The minimum Gasteiger partial charge on any atom is -0.382 e. The molecule has 0 radical (unpaired) electrons. The van der Waals surface area contributed by atoms with Crippen LogP contribution in [0.1, 0.15) is 25.3 Å². The van der Waals surface area contributed by atoms with Crippen molar-refractivity contribution in [2.45, 2.75) is 26.7 Å². The van der Waals surface area contributed by atoms with Crippen LogP contribution in [0.5, 0.6) is 0 Å². The molecular formula is C19H32ClIN4O. The maximum absolute atomic E-state index is 6.17. The predicted octanol–water partition coefficient (Wildman–Crippen LogP) is 3.78. The number of benzene rings is 1. The molecule has 1 aromatic rings. The lowest BCUT2D eigenvalue weighted by Gasteiger charge is -2.38. The van der Waals surface area contributed by atoms with Crippen molar-refractivity contribution < 1.29 is 4.74 Å². The fourth-order valence-corrected chi connectivity index (χ4v) is 3.25. The van der Waals surface area contributed by atoms with Crippen molar-refractivity contribution in [3.8, 4) is 0 Å². The molecule has 0 spiro atoms. The summed E-state index contributed by atoms with van der Waals surface area (Å²) in [5.41, 5.74) is 2.51. The summed E-state index contributed by atoms with van der Waals surface area (Å²) >= 11 is 6.17. The lowest BCUT2D eigenvalue weighted by molar-refractivity contribution is 0.143. The summed E-state index contributed by atoms with van der Waals surface area (Å²) in [6.45, 7) is 10.6. The van der Waals surface area contributed by atoms with Crippen molar-refractivity contribution in [3.05, 3.63) is 28.8 Å². The number of piperazine rings is 1. The molecule has 2 rings (SSSR count). The van der Waals surface area contributed by atoms with Gasteiger partial charge in [0, 0.05) is 63.7 Å². The van der Waals surface area contributed by atoms with Crippen LogP contribution in [0.2, 0.25) is 5.02 Å². The van der Waals surface area contributed by atoms with Crippen LogP contribution >= 0.6 is 35.6 Å². The van der Waals surface area contributed by atoms with E-state index in [0.29, 0.717) is 0 Å². The molecular weight excluding hydrogens is 463 g/mol. The van der Waals surface area contributed by atoms with Gasteiger partial charge in [0.25, 0.3) is 0 Å². The minimum atomic E-state index is 0. The van der Waals surface area contributed by atoms with E-state index in [-0.39, 0.29) is 24.0 Å². The lowest BCUT2D eigenvalue weighted by Crippen LogP contribution is -2.52. The van der Waals surface area contributed by atoms with Crippen LogP contribution < -0.4 is 10.2 Å². The van der Waals surface area contributed by atoms with Crippen molar-refractivity contribution in [3.63, 3.8) is 0 Å². The van der Waals surface area contributed by atoms with Crippen molar-refractivity contribution >= 4 is 47.2 Å². The number of aliphatic imine (C=N–C) groups is 1. The number of guanidine groups is 1. The normalized spacial score (nSPS) is 15.0. The lowest BCUT2D eigenvalue weighted by atomic mass is 10.1. The van der Waals surface area contributed by atoms with Crippen LogP contribution in [0.4, 0.5) is 5.69 Å². The van der Waals surface area contributed by atoms with Gasteiger partial charge in [0.15, 0.2) is 5.96 Å². The zero-order chi connectivity index (χ0) is 18.1. The van der Waals surface area contributed by atoms with E-state index in [1.807, 2.05) is 20.0 Å². The minimum absolute atomic E-state index is 0. The molecule has 7 heteroatoms. The Hall–Kier alpha value is -0.730. The second-order valence-electron chi connectivity index (χ2n) is 6.28. The summed E-state index contributed by atoms with van der Waals surface area (Å²) in [7, 11) is 1.86. The van der Waals surface area contributed by atoms with Gasteiger partial charge in [0.05, 0.1) is 0 Å². The number of halogens is 2. The van der Waals surface area contributed by atoms with Crippen LogP contribution in [-0.2, 0) is 4.74 Å². The highest BCUT2D eigenvalue weighted by Crippen LogP contribution is 2.25. The fourth-order valence-electron chi connectivity index (χ4n) is 3.09. The molecule has 0 amide bonds. The average Bonchev–Trinajstić information content (AvgIpc) is 2.63. The Balaban J connectivity index is 0.00000338. The smallest absolute Gasteiger partial charge is 0.193 e. The third-order valence-electron chi connectivity index (χ3n) is 4.51. The average molecular weight is 495 g/mol. The number of hydrogen-bond acceptors (Lipinski definition) is 3. The van der Waals surface area contributed by atoms with E-state index < -0.39 is 0 Å². The van der Waals surface area contributed by atoms with E-state index in [2.05, 4.69) is 39.2 Å². The highest BCUT2D eigenvalue weighted by atomic mass is 127. The van der Waals surface area contributed by atoms with Gasteiger partial charge >= 0.3 is 0 Å². The van der Waals surface area contributed by atoms with Crippen molar-refractivity contribution in [2.24, 2.45) is 4.99 Å². The predicted molar refractivity (Wildman–Crippen MR) is 122 cm³/mol. The monoisotopic (exact) mass is 494 g/mol. The van der Waals surface area contributed by atoms with Gasteiger partial charge < -0.3 is 19.9 Å². The highest BCUT2D eigenvalue weighted by Gasteiger charge is 2.20. The molecule has 1 fully saturated rings. The van der Waals surface area contributed by atoms with Crippen LogP contribution in [0.25, 0.3) is 0 Å². The Morgan fingerprint density at radius 1 is 1.23 bits per heavy atom. The first kappa shape index (κ1) is 23.3. The second-order valence-corrected chi connectivity index (χ2v) is 6.72. The summed E-state index contributed by atoms with van der Waals surface area (Å²) in [5.74, 6) is 0.999. The van der Waals surface area contributed by atoms with Crippen LogP contribution in [-0.4, -0.2) is 63.8 Å². The van der Waals surface area contributed by atoms with Gasteiger partial charge in [-0.15, -0.1) is 24.0 Å². The topological polar surface area (TPSA) is 40.1 Å². The molecule has 1 aromatic carbocycles. The summed E-state index contributed by atoms with van der Waals surface area (Å²) in [5, 5.41) is 4.27. The number of ether oxygens (including phenoxy) is 1. The van der Waals surface area contributed by atoms with E-state index in [1.165, 1.54) is 11.3 Å². The van der Waals surface area contributed by atoms with Crippen molar-refractivity contribution in [1.82, 2.24) is 10.2 Å². The first-order chi connectivity index (χ1) is 12.2. The van der Waals surface area contributed by atoms with Gasteiger partial charge in [-0.1, -0.05) is 17.7 Å². The van der Waals surface area contributed by atoms with Gasteiger partial charge in [0.1, 0.15) is 0 Å². The van der Waals surface area contributed by atoms with Crippen LogP contribution in [0.15, 0.2) is 23.2 Å². The Bertz CT molecular complexity index is 562. The quantitative estimate of drug-likeness (QED) is 0.271. The van der Waals surface area contributed by atoms with E-state index in [4.69, 9.17) is 16.3 Å². The molecule has 0 unspecified atom stereocenters. The van der Waals surface area contributed by atoms with E-state index in [9.17, 15) is 0 Å². The SMILES string of the molecule is CCOCCCCNC(=NC)N1CCN(c2cc(Cl)ccc2C)CC1.I. The summed E-state index contributed by atoms with van der Waals surface area (Å²) in [6.07, 6.45) is 2.18. The third-order valence-corrected chi connectivity index (χ3v) is 4.74. The molecule has 26 heavy (non-hydrogen) atoms. The Kier molecular flexibility index (Phi) is 11.3. The number of nitrogens with zero attached hydrogens (tertiary/aromatic N) is 3. The molecule has 1 N–H and O–H groups in total. The number of hydrogen-bond donors (Lipinski definition) is 1. The third kappa shape index (κ3) is 7.12. The number of nitrogens with one attached hydrogen (secondary N) is 1. The second kappa shape index (κ2) is 12.6. The van der Waals surface area contributed by atoms with Crippen LogP contribution in [0.3, 0.4) is 0 Å². The highest BCUT2D eigenvalue weighted by molar-refractivity contribution is 14.0. The van der Waals surface area contributed by atoms with E-state index >= 15 is 0 Å². The number of aryl methyl sites for hydroxylation is 1. The first-order valence-corrected chi connectivity index (χ1v) is 9.58. The molecule has 5 nitrogen and oxygen atoms in total. The van der Waals surface area contributed by atoms with Crippen LogP contribution in [0, 0.1) is 6.92 Å². The molecule has 0 aromatic heterocycles. The van der Waals surface area contributed by atoms with Gasteiger partial charge in [-0.05, 0) is 44.4 Å². The Morgan fingerprint density at radius 2 is 1.96 bits per heavy atom. The summed E-state index contributed by atoms with van der Waals surface area (Å²) in [6, 6.07) is 6.11. The molecule has 0 aliphatic carbocycles. The molecule has 1 heterocycles. The molecule has 1 aliphatic rings. The zero-order valence-corrected chi connectivity index (χ0v) is 19.2. The fraction of sp³-hybridized carbons (Fsp3) is 0.632. The van der Waals surface area contributed by atoms with Crippen molar-refractivity contribution in [2.75, 3.05) is 57.9 Å². The molecule has 0 atom stereocenters. The van der Waals surface area contributed by atoms with E-state index in [0.717, 1.165) is 69.8 Å². The number of unbranched alkanes of at least 4 members (excludes halogenated alkanes) is 1. The van der Waals surface area contributed by atoms with Gasteiger partial charge in [-0.3, -0.25) is 4.99 Å². The zero-order valence-electron chi connectivity index (χ0n) is 16.1. The maximum Gasteiger partial charge on any atom is 0.193 e. The molecule has 148 valence electrons. The molecule has 1 aliphatic heterocycles. The molecule has 1 saturated heterocycles. The number of rotatable bonds is 7. The number of anilines is 1. The van der Waals surface area contributed by atoms with Gasteiger partial charge in [0.2, 0.25) is 0 Å². The van der Waals surface area contributed by atoms with Gasteiger partial charge in [-0.2, -0.15) is 0 Å². The first-order valence-electron chi connectivity index (χ1n) is 9.20. The van der Waals surface area contributed by atoms with Gasteiger partial charge in [-0.25, -0.2) is 0 Å². The Morgan fingerprint density at radius 3 is 2.62 bits per heavy atom. The summed E-state index contributed by atoms with van der Waals surface area (Å²) in [4.78, 5) is 9.18. The van der Waals surface area contributed by atoms with Crippen molar-refractivity contribution in [1.29, 1.82) is 0 Å².